The fraction of sp³-hybridized carbons (Fsp3) is 0.435. The lowest BCUT2D eigenvalue weighted by Crippen LogP contribution is -2.33. The van der Waals surface area contributed by atoms with E-state index >= 15 is 0 Å². The van der Waals surface area contributed by atoms with Crippen molar-refractivity contribution in [2.45, 2.75) is 39.2 Å². The molecule has 1 aromatic carbocycles. The standard InChI is InChI=1S/C23H30BrN5O3S/c1-3-29(4-2)13-8-14-33(30,31)28-21(12-11-18-9-6-5-7-10-18)23-26-22(27-32-23)19-15-20(24)17-25-16-19/h5-7,9-10,15-17,21,28H,3-4,8,11-14H2,1-2H3/t21-/m1/s1. The summed E-state index contributed by atoms with van der Waals surface area (Å²) in [6.45, 7) is 6.69. The summed E-state index contributed by atoms with van der Waals surface area (Å²) in [7, 11) is -3.53. The van der Waals surface area contributed by atoms with Crippen LogP contribution in [0.25, 0.3) is 11.4 Å². The van der Waals surface area contributed by atoms with Gasteiger partial charge in [0.15, 0.2) is 0 Å². The molecule has 2 aromatic heterocycles. The minimum absolute atomic E-state index is 0.0435. The third-order valence-corrected chi connectivity index (χ3v) is 7.27. The van der Waals surface area contributed by atoms with Crippen LogP contribution in [-0.4, -0.2) is 53.8 Å². The molecular formula is C23H30BrN5O3S. The molecule has 0 amide bonds. The lowest BCUT2D eigenvalue weighted by atomic mass is 10.1. The zero-order valence-electron chi connectivity index (χ0n) is 18.9. The van der Waals surface area contributed by atoms with Gasteiger partial charge in [-0.2, -0.15) is 4.98 Å². The summed E-state index contributed by atoms with van der Waals surface area (Å²) in [5.41, 5.74) is 1.79. The first-order chi connectivity index (χ1) is 15.9. The molecule has 1 N–H and O–H groups in total. The van der Waals surface area contributed by atoms with Gasteiger partial charge in [0, 0.05) is 22.4 Å². The van der Waals surface area contributed by atoms with Crippen LogP contribution in [0.4, 0.5) is 0 Å². The molecule has 8 nitrogen and oxygen atoms in total. The van der Waals surface area contributed by atoms with Crippen molar-refractivity contribution in [3.05, 3.63) is 64.7 Å². The molecule has 33 heavy (non-hydrogen) atoms. The van der Waals surface area contributed by atoms with Gasteiger partial charge in [-0.25, -0.2) is 13.1 Å². The molecule has 3 aromatic rings. The van der Waals surface area contributed by atoms with E-state index in [1.54, 1.807) is 12.4 Å². The van der Waals surface area contributed by atoms with E-state index in [2.05, 4.69) is 54.5 Å². The molecule has 0 unspecified atom stereocenters. The van der Waals surface area contributed by atoms with Crippen molar-refractivity contribution in [1.82, 2.24) is 24.7 Å². The minimum Gasteiger partial charge on any atom is -0.337 e. The summed E-state index contributed by atoms with van der Waals surface area (Å²) in [5, 5.41) is 4.05. The summed E-state index contributed by atoms with van der Waals surface area (Å²) in [6.07, 6.45) is 5.03. The Morgan fingerprint density at radius 3 is 2.61 bits per heavy atom. The molecule has 0 radical (unpaired) electrons. The van der Waals surface area contributed by atoms with Crippen molar-refractivity contribution in [3.8, 4) is 11.4 Å². The number of pyridine rings is 1. The van der Waals surface area contributed by atoms with Crippen LogP contribution in [0, 0.1) is 0 Å². The number of benzene rings is 1. The average Bonchev–Trinajstić information content (AvgIpc) is 3.30. The van der Waals surface area contributed by atoms with E-state index in [9.17, 15) is 8.42 Å². The fourth-order valence-corrected chi connectivity index (χ4v) is 5.15. The Bertz CT molecular complexity index is 1100. The molecule has 0 saturated carbocycles. The van der Waals surface area contributed by atoms with E-state index < -0.39 is 16.1 Å². The Hall–Kier alpha value is -2.14. The smallest absolute Gasteiger partial charge is 0.245 e. The van der Waals surface area contributed by atoms with Crippen LogP contribution in [0.5, 0.6) is 0 Å². The molecule has 2 heterocycles. The van der Waals surface area contributed by atoms with Crippen LogP contribution in [0.2, 0.25) is 0 Å². The zero-order valence-corrected chi connectivity index (χ0v) is 21.3. The van der Waals surface area contributed by atoms with E-state index in [0.717, 1.165) is 29.7 Å². The first kappa shape index (κ1) is 25.5. The largest absolute Gasteiger partial charge is 0.337 e. The van der Waals surface area contributed by atoms with Crippen molar-refractivity contribution >= 4 is 26.0 Å². The molecule has 0 fully saturated rings. The van der Waals surface area contributed by atoms with Crippen LogP contribution in [-0.2, 0) is 16.4 Å². The Morgan fingerprint density at radius 1 is 1.15 bits per heavy atom. The first-order valence-corrected chi connectivity index (χ1v) is 13.6. The summed E-state index contributed by atoms with van der Waals surface area (Å²) < 4.78 is 34.8. The van der Waals surface area contributed by atoms with Gasteiger partial charge in [-0.05, 0) is 66.5 Å². The van der Waals surface area contributed by atoms with Gasteiger partial charge in [0.1, 0.15) is 6.04 Å². The molecular weight excluding hydrogens is 506 g/mol. The second-order valence-corrected chi connectivity index (χ2v) is 10.5. The van der Waals surface area contributed by atoms with Gasteiger partial charge in [0.25, 0.3) is 0 Å². The van der Waals surface area contributed by atoms with Crippen molar-refractivity contribution < 1.29 is 12.9 Å². The third-order valence-electron chi connectivity index (χ3n) is 5.37. The van der Waals surface area contributed by atoms with Crippen LogP contribution >= 0.6 is 15.9 Å². The van der Waals surface area contributed by atoms with Gasteiger partial charge in [-0.1, -0.05) is 49.3 Å². The van der Waals surface area contributed by atoms with Crippen LogP contribution in [0.15, 0.2) is 57.8 Å². The van der Waals surface area contributed by atoms with Crippen molar-refractivity contribution in [1.29, 1.82) is 0 Å². The number of nitrogens with zero attached hydrogens (tertiary/aromatic N) is 4. The number of sulfonamides is 1. The van der Waals surface area contributed by atoms with E-state index in [-0.39, 0.29) is 11.6 Å². The van der Waals surface area contributed by atoms with E-state index in [1.807, 2.05) is 36.4 Å². The molecule has 3 rings (SSSR count). The summed E-state index contributed by atoms with van der Waals surface area (Å²) in [6, 6.07) is 11.1. The monoisotopic (exact) mass is 535 g/mol. The molecule has 0 spiro atoms. The van der Waals surface area contributed by atoms with Crippen molar-refractivity contribution in [2.75, 3.05) is 25.4 Å². The van der Waals surface area contributed by atoms with E-state index in [0.29, 0.717) is 30.7 Å². The normalized spacial score (nSPS) is 12.8. The SMILES string of the molecule is CCN(CC)CCCS(=O)(=O)N[C@H](CCc1ccccc1)c1nc(-c2cncc(Br)c2)no1. The molecule has 0 bridgehead atoms. The van der Waals surface area contributed by atoms with Crippen LogP contribution < -0.4 is 4.72 Å². The molecule has 178 valence electrons. The summed E-state index contributed by atoms with van der Waals surface area (Å²) in [5.74, 6) is 0.652. The van der Waals surface area contributed by atoms with Gasteiger partial charge in [0.2, 0.25) is 21.7 Å². The highest BCUT2D eigenvalue weighted by Crippen LogP contribution is 2.24. The average molecular weight is 536 g/mol. The quantitative estimate of drug-likeness (QED) is 0.349. The van der Waals surface area contributed by atoms with Crippen LogP contribution in [0.3, 0.4) is 0 Å². The molecule has 1 atom stereocenters. The van der Waals surface area contributed by atoms with Crippen LogP contribution in [0.1, 0.15) is 44.2 Å². The molecule has 0 aliphatic rings. The van der Waals surface area contributed by atoms with E-state index in [1.165, 1.54) is 0 Å². The summed E-state index contributed by atoms with van der Waals surface area (Å²) >= 11 is 3.39. The highest BCUT2D eigenvalue weighted by Gasteiger charge is 2.25. The number of aromatic nitrogens is 3. The van der Waals surface area contributed by atoms with Gasteiger partial charge in [0.05, 0.1) is 5.75 Å². The van der Waals surface area contributed by atoms with Gasteiger partial charge in [-0.15, -0.1) is 0 Å². The Labute approximate surface area is 204 Å². The fourth-order valence-electron chi connectivity index (χ4n) is 3.51. The highest BCUT2D eigenvalue weighted by atomic mass is 79.9. The lowest BCUT2D eigenvalue weighted by molar-refractivity contribution is 0.304. The minimum atomic E-state index is -3.53. The Balaban J connectivity index is 1.75. The Morgan fingerprint density at radius 2 is 1.91 bits per heavy atom. The first-order valence-electron chi connectivity index (χ1n) is 11.1. The summed E-state index contributed by atoms with van der Waals surface area (Å²) in [4.78, 5) is 10.8. The maximum atomic E-state index is 12.9. The number of hydrogen-bond acceptors (Lipinski definition) is 7. The number of aryl methyl sites for hydroxylation is 1. The molecule has 0 aliphatic carbocycles. The van der Waals surface area contributed by atoms with Gasteiger partial charge >= 0.3 is 0 Å². The number of hydrogen-bond donors (Lipinski definition) is 1. The second-order valence-electron chi connectivity index (χ2n) is 7.74. The van der Waals surface area contributed by atoms with E-state index in [4.69, 9.17) is 4.52 Å². The maximum Gasteiger partial charge on any atom is 0.245 e. The Kier molecular flexibility index (Phi) is 9.54. The number of rotatable bonds is 13. The topological polar surface area (TPSA) is 101 Å². The highest BCUT2D eigenvalue weighted by molar-refractivity contribution is 9.10. The second kappa shape index (κ2) is 12.4. The predicted molar refractivity (Wildman–Crippen MR) is 132 cm³/mol. The van der Waals surface area contributed by atoms with Crippen molar-refractivity contribution in [3.63, 3.8) is 0 Å². The third kappa shape index (κ3) is 7.99. The number of halogens is 1. The van der Waals surface area contributed by atoms with Gasteiger partial charge < -0.3 is 9.42 Å². The molecule has 0 aliphatic heterocycles. The maximum absolute atomic E-state index is 12.9. The predicted octanol–water partition coefficient (Wildman–Crippen LogP) is 4.22. The van der Waals surface area contributed by atoms with Gasteiger partial charge in [-0.3, -0.25) is 4.98 Å². The zero-order chi connectivity index (χ0) is 23.7. The van der Waals surface area contributed by atoms with Crippen molar-refractivity contribution in [2.24, 2.45) is 0 Å². The lowest BCUT2D eigenvalue weighted by Gasteiger charge is -2.19. The molecule has 10 heteroatoms. The molecule has 0 saturated heterocycles. The number of nitrogens with one attached hydrogen (secondary N) is 1.